The van der Waals surface area contributed by atoms with E-state index in [-0.39, 0.29) is 5.56 Å². The largest absolute Gasteiger partial charge is 0.467 e. The summed E-state index contributed by atoms with van der Waals surface area (Å²) in [6.07, 6.45) is 3.17. The molecule has 126 valence electrons. The molecular weight excluding hydrogens is 363 g/mol. The Morgan fingerprint density at radius 1 is 1.12 bits per heavy atom. The van der Waals surface area contributed by atoms with Crippen LogP contribution in [0.3, 0.4) is 0 Å². The minimum Gasteiger partial charge on any atom is -0.467 e. The van der Waals surface area contributed by atoms with Crippen molar-refractivity contribution in [1.29, 1.82) is 0 Å². The molecule has 4 rings (SSSR count). The number of anilines is 1. The number of nitrogen functional groups attached to an aromatic ring is 1. The number of fused-ring (bicyclic) bond motifs is 1. The molecule has 0 atom stereocenters. The van der Waals surface area contributed by atoms with Gasteiger partial charge in [0.25, 0.3) is 5.56 Å². The van der Waals surface area contributed by atoms with Gasteiger partial charge in [0, 0.05) is 11.8 Å². The Kier molecular flexibility index (Phi) is 3.78. The van der Waals surface area contributed by atoms with Crippen molar-refractivity contribution >= 4 is 39.9 Å². The summed E-state index contributed by atoms with van der Waals surface area (Å²) >= 11 is 12.6. The smallest absolute Gasteiger partial charge is 0.251 e. The summed E-state index contributed by atoms with van der Waals surface area (Å²) in [5, 5.41) is 5.11. The summed E-state index contributed by atoms with van der Waals surface area (Å²) in [6, 6.07) is 9.96. The third kappa shape index (κ3) is 2.69. The van der Waals surface area contributed by atoms with E-state index in [2.05, 4.69) is 5.10 Å². The first kappa shape index (κ1) is 15.8. The lowest BCUT2D eigenvalue weighted by Crippen LogP contribution is -2.19. The molecule has 0 bridgehead atoms. The summed E-state index contributed by atoms with van der Waals surface area (Å²) in [4.78, 5) is 12.3. The van der Waals surface area contributed by atoms with Crippen molar-refractivity contribution in [3.63, 3.8) is 0 Å². The Labute approximate surface area is 152 Å². The van der Waals surface area contributed by atoms with E-state index < -0.39 is 0 Å². The quantitative estimate of drug-likeness (QED) is 0.554. The van der Waals surface area contributed by atoms with Crippen molar-refractivity contribution in [2.24, 2.45) is 0 Å². The van der Waals surface area contributed by atoms with E-state index >= 15 is 0 Å². The molecular formula is C17H12Cl2N4O2. The molecule has 0 unspecified atom stereocenters. The van der Waals surface area contributed by atoms with Crippen LogP contribution in [0.5, 0.6) is 0 Å². The molecule has 3 aromatic heterocycles. The minimum atomic E-state index is -0.155. The highest BCUT2D eigenvalue weighted by Gasteiger charge is 2.16. The molecule has 0 amide bonds. The predicted octanol–water partition coefficient (Wildman–Crippen LogP) is 3.72. The van der Waals surface area contributed by atoms with Gasteiger partial charge in [0.15, 0.2) is 0 Å². The number of hydrogen-bond donors (Lipinski definition) is 1. The Morgan fingerprint density at radius 3 is 2.56 bits per heavy atom. The van der Waals surface area contributed by atoms with Gasteiger partial charge in [0.2, 0.25) is 0 Å². The van der Waals surface area contributed by atoms with Crippen molar-refractivity contribution in [1.82, 2.24) is 14.3 Å². The summed E-state index contributed by atoms with van der Waals surface area (Å²) in [5.41, 5.74) is 7.92. The van der Waals surface area contributed by atoms with Crippen LogP contribution in [0.2, 0.25) is 10.0 Å². The number of rotatable bonds is 3. The van der Waals surface area contributed by atoms with Gasteiger partial charge in [-0.05, 0) is 30.3 Å². The fraction of sp³-hybridized carbons (Fsp3) is 0.0588. The van der Waals surface area contributed by atoms with Gasteiger partial charge in [-0.2, -0.15) is 5.10 Å². The number of aromatic nitrogens is 3. The number of hydrogen-bond acceptors (Lipinski definition) is 4. The van der Waals surface area contributed by atoms with Crippen LogP contribution < -0.4 is 11.3 Å². The lowest BCUT2D eigenvalue weighted by molar-refractivity contribution is 0.493. The predicted molar refractivity (Wildman–Crippen MR) is 97.6 cm³/mol. The average molecular weight is 375 g/mol. The molecule has 3 heterocycles. The zero-order valence-electron chi connectivity index (χ0n) is 12.8. The standard InChI is InChI=1S/C17H12Cl2N4O2/c18-12-6-10(20)7-13(19)17(12)23-14-3-4-16(24)22(15(14)8-21-23)9-11-2-1-5-25-11/h1-8H,9,20H2. The van der Waals surface area contributed by atoms with Gasteiger partial charge in [0.05, 0.1) is 40.1 Å². The van der Waals surface area contributed by atoms with E-state index in [0.717, 1.165) is 0 Å². The van der Waals surface area contributed by atoms with Gasteiger partial charge in [-0.3, -0.25) is 9.36 Å². The summed E-state index contributed by atoms with van der Waals surface area (Å²) < 4.78 is 8.52. The van der Waals surface area contributed by atoms with Crippen LogP contribution in [0.1, 0.15) is 5.76 Å². The van der Waals surface area contributed by atoms with Crippen LogP contribution in [0, 0.1) is 0 Å². The van der Waals surface area contributed by atoms with Crippen LogP contribution in [-0.4, -0.2) is 14.3 Å². The second kappa shape index (κ2) is 5.98. The zero-order chi connectivity index (χ0) is 17.6. The maximum absolute atomic E-state index is 12.3. The summed E-state index contributed by atoms with van der Waals surface area (Å²) in [5.74, 6) is 0.672. The van der Waals surface area contributed by atoms with E-state index in [1.807, 2.05) is 6.07 Å². The fourth-order valence-corrected chi connectivity index (χ4v) is 3.42. The molecule has 2 N–H and O–H groups in total. The zero-order valence-corrected chi connectivity index (χ0v) is 14.3. The Balaban J connectivity index is 1.93. The number of furan rings is 1. The SMILES string of the molecule is Nc1cc(Cl)c(-n2ncc3c2ccc(=O)n3Cc2ccco2)c(Cl)c1. The molecule has 0 radical (unpaired) electrons. The number of nitrogens with zero attached hydrogens (tertiary/aromatic N) is 3. The highest BCUT2D eigenvalue weighted by atomic mass is 35.5. The van der Waals surface area contributed by atoms with Crippen LogP contribution in [-0.2, 0) is 6.54 Å². The lowest BCUT2D eigenvalue weighted by Gasteiger charge is -2.10. The van der Waals surface area contributed by atoms with Gasteiger partial charge in [-0.25, -0.2) is 4.68 Å². The van der Waals surface area contributed by atoms with Crippen molar-refractivity contribution in [2.45, 2.75) is 6.54 Å². The highest BCUT2D eigenvalue weighted by molar-refractivity contribution is 6.38. The van der Waals surface area contributed by atoms with Gasteiger partial charge < -0.3 is 10.2 Å². The number of nitrogens with two attached hydrogens (primary N) is 1. The molecule has 25 heavy (non-hydrogen) atoms. The van der Waals surface area contributed by atoms with E-state index in [9.17, 15) is 4.79 Å². The first-order valence-corrected chi connectivity index (χ1v) is 8.15. The molecule has 0 aliphatic carbocycles. The third-order valence-electron chi connectivity index (χ3n) is 3.87. The molecule has 0 saturated heterocycles. The topological polar surface area (TPSA) is 79.0 Å². The van der Waals surface area contributed by atoms with Crippen LogP contribution >= 0.6 is 23.2 Å². The number of benzene rings is 1. The molecule has 1 aromatic carbocycles. The van der Waals surface area contributed by atoms with Crippen molar-refractivity contribution in [3.8, 4) is 5.69 Å². The highest BCUT2D eigenvalue weighted by Crippen LogP contribution is 2.32. The normalized spacial score (nSPS) is 11.3. The molecule has 8 heteroatoms. The van der Waals surface area contributed by atoms with Gasteiger partial charge in [-0.15, -0.1) is 0 Å². The second-order valence-corrected chi connectivity index (χ2v) is 6.31. The van der Waals surface area contributed by atoms with Crippen molar-refractivity contribution in [2.75, 3.05) is 5.73 Å². The monoisotopic (exact) mass is 374 g/mol. The van der Waals surface area contributed by atoms with E-state index in [0.29, 0.717) is 44.8 Å². The van der Waals surface area contributed by atoms with Crippen LogP contribution in [0.15, 0.2) is 58.1 Å². The van der Waals surface area contributed by atoms with E-state index in [1.165, 1.54) is 6.07 Å². The molecule has 0 saturated carbocycles. The van der Waals surface area contributed by atoms with E-state index in [1.54, 1.807) is 46.0 Å². The molecule has 0 spiro atoms. The van der Waals surface area contributed by atoms with Gasteiger partial charge >= 0.3 is 0 Å². The van der Waals surface area contributed by atoms with Crippen LogP contribution in [0.4, 0.5) is 5.69 Å². The maximum atomic E-state index is 12.3. The van der Waals surface area contributed by atoms with Crippen molar-refractivity contribution < 1.29 is 4.42 Å². The molecule has 0 aliphatic heterocycles. The second-order valence-electron chi connectivity index (χ2n) is 5.50. The van der Waals surface area contributed by atoms with E-state index in [4.69, 9.17) is 33.4 Å². The van der Waals surface area contributed by atoms with Gasteiger partial charge in [-0.1, -0.05) is 23.2 Å². The first-order chi connectivity index (χ1) is 12.0. The average Bonchev–Trinajstić information content (AvgIpc) is 3.19. The Hall–Kier alpha value is -2.70. The van der Waals surface area contributed by atoms with Crippen molar-refractivity contribution in [3.05, 3.63) is 75.0 Å². The Bertz CT molecular complexity index is 1110. The molecule has 4 aromatic rings. The third-order valence-corrected chi connectivity index (χ3v) is 4.45. The Morgan fingerprint density at radius 2 is 1.88 bits per heavy atom. The van der Waals surface area contributed by atoms with Crippen LogP contribution in [0.25, 0.3) is 16.7 Å². The lowest BCUT2D eigenvalue weighted by atomic mass is 10.2. The number of halogens is 2. The summed E-state index contributed by atoms with van der Waals surface area (Å²) in [7, 11) is 0. The molecule has 0 fully saturated rings. The molecule has 6 nitrogen and oxygen atoms in total. The maximum Gasteiger partial charge on any atom is 0.251 e. The summed E-state index contributed by atoms with van der Waals surface area (Å²) in [6.45, 7) is 0.304. The first-order valence-electron chi connectivity index (χ1n) is 7.39. The number of pyridine rings is 1. The molecule has 0 aliphatic rings. The minimum absolute atomic E-state index is 0.155. The fourth-order valence-electron chi connectivity index (χ4n) is 2.76. The van der Waals surface area contributed by atoms with Gasteiger partial charge in [0.1, 0.15) is 11.4 Å².